The number of halogens is 2. The fourth-order valence-corrected chi connectivity index (χ4v) is 2.88. The molecule has 0 spiro atoms. The van der Waals surface area contributed by atoms with Gasteiger partial charge in [0.25, 0.3) is 0 Å². The van der Waals surface area contributed by atoms with Crippen LogP contribution >= 0.6 is 35.0 Å². The Morgan fingerprint density at radius 1 is 1.15 bits per heavy atom. The van der Waals surface area contributed by atoms with Crippen LogP contribution in [0.15, 0.2) is 35.4 Å². The van der Waals surface area contributed by atoms with Crippen molar-refractivity contribution in [1.82, 2.24) is 19.7 Å². The monoisotopic (exact) mass is 324 g/mol. The number of fused-ring (bicyclic) bond motifs is 1. The molecule has 0 saturated carbocycles. The van der Waals surface area contributed by atoms with Crippen LogP contribution in [0.3, 0.4) is 0 Å². The molecule has 0 aliphatic heterocycles. The van der Waals surface area contributed by atoms with E-state index in [4.69, 9.17) is 23.2 Å². The third kappa shape index (κ3) is 2.75. The van der Waals surface area contributed by atoms with Crippen LogP contribution in [0.5, 0.6) is 0 Å². The van der Waals surface area contributed by atoms with Gasteiger partial charge in [0.15, 0.2) is 5.65 Å². The number of hydrogen-bond acceptors (Lipinski definition) is 4. The molecule has 20 heavy (non-hydrogen) atoms. The number of benzene rings is 1. The van der Waals surface area contributed by atoms with E-state index in [1.807, 2.05) is 31.3 Å². The molecule has 2 aromatic heterocycles. The van der Waals surface area contributed by atoms with Gasteiger partial charge in [-0.15, -0.1) is 11.8 Å². The molecule has 0 fully saturated rings. The second-order valence-electron chi connectivity index (χ2n) is 4.18. The summed E-state index contributed by atoms with van der Waals surface area (Å²) in [5.41, 5.74) is 0.747. The number of aromatic nitrogens is 4. The highest BCUT2D eigenvalue weighted by molar-refractivity contribution is 7.98. The lowest BCUT2D eigenvalue weighted by Crippen LogP contribution is -1.98. The lowest BCUT2D eigenvalue weighted by Gasteiger charge is -2.03. The van der Waals surface area contributed by atoms with Crippen molar-refractivity contribution in [2.24, 2.45) is 7.05 Å². The lowest BCUT2D eigenvalue weighted by molar-refractivity contribution is 0.782. The Bertz CT molecular complexity index is 755. The molecule has 3 rings (SSSR count). The molecule has 1 aromatic carbocycles. The van der Waals surface area contributed by atoms with Gasteiger partial charge in [-0.2, -0.15) is 5.10 Å². The van der Waals surface area contributed by atoms with E-state index >= 15 is 0 Å². The molecule has 0 aliphatic carbocycles. The van der Waals surface area contributed by atoms with Gasteiger partial charge in [0.1, 0.15) is 11.0 Å². The Kier molecular flexibility index (Phi) is 3.83. The van der Waals surface area contributed by atoms with Crippen LogP contribution in [0.4, 0.5) is 0 Å². The van der Waals surface area contributed by atoms with Gasteiger partial charge in [0, 0.05) is 17.0 Å². The van der Waals surface area contributed by atoms with Crippen molar-refractivity contribution in [3.63, 3.8) is 0 Å². The summed E-state index contributed by atoms with van der Waals surface area (Å²) in [6.07, 6.45) is 1.67. The molecule has 0 radical (unpaired) electrons. The van der Waals surface area contributed by atoms with Crippen molar-refractivity contribution in [3.05, 3.63) is 46.5 Å². The van der Waals surface area contributed by atoms with E-state index in [2.05, 4.69) is 15.1 Å². The summed E-state index contributed by atoms with van der Waals surface area (Å²) in [5, 5.41) is 6.07. The lowest BCUT2D eigenvalue weighted by atomic mass is 10.4. The fraction of sp³-hybridized carbons (Fsp3) is 0.154. The first-order valence-electron chi connectivity index (χ1n) is 5.86. The molecule has 0 saturated heterocycles. The van der Waals surface area contributed by atoms with Crippen molar-refractivity contribution < 1.29 is 0 Å². The third-order valence-electron chi connectivity index (χ3n) is 2.77. The summed E-state index contributed by atoms with van der Waals surface area (Å²) in [5.74, 6) is 1.33. The average Bonchev–Trinajstić information content (AvgIpc) is 2.81. The Labute approximate surface area is 130 Å². The molecule has 0 unspecified atom stereocenters. The van der Waals surface area contributed by atoms with E-state index in [0.717, 1.165) is 21.0 Å². The van der Waals surface area contributed by atoms with Crippen molar-refractivity contribution in [2.75, 3.05) is 0 Å². The van der Waals surface area contributed by atoms with Crippen LogP contribution in [0.25, 0.3) is 11.0 Å². The molecule has 4 nitrogen and oxygen atoms in total. The first-order valence-corrected chi connectivity index (χ1v) is 7.60. The van der Waals surface area contributed by atoms with Gasteiger partial charge < -0.3 is 0 Å². The summed E-state index contributed by atoms with van der Waals surface area (Å²) in [7, 11) is 1.84. The molecule has 3 aromatic rings. The van der Waals surface area contributed by atoms with Crippen LogP contribution < -0.4 is 0 Å². The Morgan fingerprint density at radius 2 is 1.90 bits per heavy atom. The molecule has 2 heterocycles. The average molecular weight is 325 g/mol. The summed E-state index contributed by atoms with van der Waals surface area (Å²) >= 11 is 13.6. The van der Waals surface area contributed by atoms with E-state index in [9.17, 15) is 0 Å². The molecule has 0 bridgehead atoms. The Morgan fingerprint density at radius 3 is 2.65 bits per heavy atom. The van der Waals surface area contributed by atoms with Gasteiger partial charge in [0.05, 0.1) is 17.3 Å². The van der Waals surface area contributed by atoms with Crippen molar-refractivity contribution in [2.45, 2.75) is 10.6 Å². The fourth-order valence-electron chi connectivity index (χ4n) is 1.77. The van der Waals surface area contributed by atoms with E-state index in [1.165, 1.54) is 0 Å². The summed E-state index contributed by atoms with van der Waals surface area (Å²) in [6, 6.07) is 7.67. The first-order chi connectivity index (χ1) is 9.63. The van der Waals surface area contributed by atoms with Crippen LogP contribution in [0.1, 0.15) is 5.82 Å². The van der Waals surface area contributed by atoms with Crippen LogP contribution in [0.2, 0.25) is 10.2 Å². The quantitative estimate of drug-likeness (QED) is 0.540. The maximum absolute atomic E-state index is 6.15. The smallest absolute Gasteiger partial charge is 0.162 e. The Hall–Kier alpha value is -1.30. The number of thioether (sulfide) groups is 1. The first kappa shape index (κ1) is 13.7. The largest absolute Gasteiger partial charge is 0.250 e. The van der Waals surface area contributed by atoms with Crippen molar-refractivity contribution >= 4 is 46.0 Å². The minimum absolute atomic E-state index is 0.440. The maximum atomic E-state index is 6.15. The van der Waals surface area contributed by atoms with Gasteiger partial charge in [-0.05, 0) is 24.3 Å². The Balaban J connectivity index is 1.83. The van der Waals surface area contributed by atoms with Crippen molar-refractivity contribution in [3.8, 4) is 0 Å². The standard InChI is InChI=1S/C13H10Cl2N4S/c1-19-13-10(6-16-19)12(15)17-11(18-13)7-20-9-4-2-8(14)3-5-9/h2-6H,7H2,1H3. The topological polar surface area (TPSA) is 43.6 Å². The predicted octanol–water partition coefficient (Wildman–Crippen LogP) is 3.96. The normalized spacial score (nSPS) is 11.2. The molecule has 0 N–H and O–H groups in total. The highest BCUT2D eigenvalue weighted by atomic mass is 35.5. The highest BCUT2D eigenvalue weighted by Crippen LogP contribution is 2.25. The van der Waals surface area contributed by atoms with Crippen LogP contribution in [0, 0.1) is 0 Å². The molecular formula is C13H10Cl2N4S. The van der Waals surface area contributed by atoms with Gasteiger partial charge in [0.2, 0.25) is 0 Å². The molecule has 7 heteroatoms. The summed E-state index contributed by atoms with van der Waals surface area (Å²) in [6.45, 7) is 0. The maximum Gasteiger partial charge on any atom is 0.162 e. The number of hydrogen-bond donors (Lipinski definition) is 0. The molecule has 102 valence electrons. The van der Waals surface area contributed by atoms with Gasteiger partial charge in [-0.1, -0.05) is 23.2 Å². The highest BCUT2D eigenvalue weighted by Gasteiger charge is 2.10. The minimum atomic E-state index is 0.440. The zero-order chi connectivity index (χ0) is 14.1. The van der Waals surface area contributed by atoms with Gasteiger partial charge >= 0.3 is 0 Å². The summed E-state index contributed by atoms with van der Waals surface area (Å²) in [4.78, 5) is 9.90. The van der Waals surface area contributed by atoms with E-state index in [1.54, 1.807) is 22.6 Å². The second-order valence-corrected chi connectivity index (χ2v) is 6.02. The second kappa shape index (κ2) is 5.60. The summed E-state index contributed by atoms with van der Waals surface area (Å²) < 4.78 is 1.69. The van der Waals surface area contributed by atoms with Gasteiger partial charge in [-0.25, -0.2) is 9.97 Å². The molecule has 0 amide bonds. The SMILES string of the molecule is Cn1ncc2c(Cl)nc(CSc3ccc(Cl)cc3)nc21. The van der Waals surface area contributed by atoms with E-state index < -0.39 is 0 Å². The number of nitrogens with zero attached hydrogens (tertiary/aromatic N) is 4. The third-order valence-corrected chi connectivity index (χ3v) is 4.32. The molecular weight excluding hydrogens is 315 g/mol. The predicted molar refractivity (Wildman–Crippen MR) is 82.3 cm³/mol. The molecule has 0 atom stereocenters. The van der Waals surface area contributed by atoms with E-state index in [0.29, 0.717) is 16.7 Å². The number of aryl methyl sites for hydroxylation is 1. The minimum Gasteiger partial charge on any atom is -0.250 e. The van der Waals surface area contributed by atoms with Gasteiger partial charge in [-0.3, -0.25) is 4.68 Å². The van der Waals surface area contributed by atoms with Crippen LogP contribution in [-0.2, 0) is 12.8 Å². The van der Waals surface area contributed by atoms with E-state index in [-0.39, 0.29) is 0 Å². The van der Waals surface area contributed by atoms with Crippen LogP contribution in [-0.4, -0.2) is 19.7 Å². The number of rotatable bonds is 3. The van der Waals surface area contributed by atoms with Crippen molar-refractivity contribution in [1.29, 1.82) is 0 Å². The zero-order valence-electron chi connectivity index (χ0n) is 10.5. The molecule has 0 aliphatic rings. The zero-order valence-corrected chi connectivity index (χ0v) is 12.9.